The summed E-state index contributed by atoms with van der Waals surface area (Å²) in [5, 5.41) is 0. The number of nitrogens with zero attached hydrogens (tertiary/aromatic N) is 3. The van der Waals surface area contributed by atoms with Gasteiger partial charge >= 0.3 is 0 Å². The van der Waals surface area contributed by atoms with Crippen LogP contribution in [0.2, 0.25) is 0 Å². The molecule has 0 bridgehead atoms. The van der Waals surface area contributed by atoms with E-state index in [-0.39, 0.29) is 0 Å². The molecule has 0 unspecified atom stereocenters. The third-order valence-corrected chi connectivity index (χ3v) is 5.41. The van der Waals surface area contributed by atoms with Crippen LogP contribution in [0.4, 0.5) is 0 Å². The lowest BCUT2D eigenvalue weighted by atomic mass is 10.1. The Bertz CT molecular complexity index is 503. The maximum absolute atomic E-state index is 5.40. The van der Waals surface area contributed by atoms with Crippen molar-refractivity contribution in [1.29, 1.82) is 0 Å². The monoisotopic (exact) mass is 287 g/mol. The molecule has 21 heavy (non-hydrogen) atoms. The minimum Gasteiger partial charge on any atom is -0.481 e. The molecule has 4 rings (SSSR count). The highest BCUT2D eigenvalue weighted by atomic mass is 16.5. The van der Waals surface area contributed by atoms with E-state index in [0.717, 1.165) is 30.4 Å². The van der Waals surface area contributed by atoms with Crippen molar-refractivity contribution in [2.24, 2.45) is 5.92 Å². The van der Waals surface area contributed by atoms with Gasteiger partial charge < -0.3 is 4.74 Å². The molecule has 3 aliphatic rings. The van der Waals surface area contributed by atoms with E-state index in [1.165, 1.54) is 50.9 Å². The van der Waals surface area contributed by atoms with Crippen LogP contribution in [0.1, 0.15) is 31.2 Å². The topological polar surface area (TPSA) is 28.6 Å². The number of fused-ring (bicyclic) bond motifs is 1. The summed E-state index contributed by atoms with van der Waals surface area (Å²) >= 11 is 0. The van der Waals surface area contributed by atoms with Crippen LogP contribution in [0.25, 0.3) is 0 Å². The largest absolute Gasteiger partial charge is 0.481 e. The molecule has 4 nitrogen and oxygen atoms in total. The Labute approximate surface area is 127 Å². The smallest absolute Gasteiger partial charge is 0.217 e. The molecule has 0 radical (unpaired) electrons. The first-order valence-corrected chi connectivity index (χ1v) is 8.31. The molecular weight excluding hydrogens is 262 g/mol. The highest BCUT2D eigenvalue weighted by Crippen LogP contribution is 2.37. The number of hydrogen-bond donors (Lipinski definition) is 0. The van der Waals surface area contributed by atoms with Crippen LogP contribution in [-0.4, -0.2) is 53.6 Å². The summed E-state index contributed by atoms with van der Waals surface area (Å²) < 4.78 is 5.40. The quantitative estimate of drug-likeness (QED) is 0.829. The van der Waals surface area contributed by atoms with Crippen molar-refractivity contribution < 1.29 is 4.74 Å². The average Bonchev–Trinajstić information content (AvgIpc) is 3.11. The number of aromatic nitrogens is 1. The van der Waals surface area contributed by atoms with E-state index in [4.69, 9.17) is 4.74 Å². The van der Waals surface area contributed by atoms with Gasteiger partial charge in [-0.25, -0.2) is 4.98 Å². The van der Waals surface area contributed by atoms with E-state index in [1.807, 2.05) is 12.3 Å². The van der Waals surface area contributed by atoms with E-state index in [2.05, 4.69) is 20.9 Å². The first-order chi connectivity index (χ1) is 10.3. The van der Waals surface area contributed by atoms with Gasteiger partial charge in [-0.3, -0.25) is 9.80 Å². The summed E-state index contributed by atoms with van der Waals surface area (Å²) in [5.74, 6) is 1.80. The van der Waals surface area contributed by atoms with Crippen molar-refractivity contribution in [3.05, 3.63) is 23.9 Å². The second-order valence-electron chi connectivity index (χ2n) is 6.79. The normalized spacial score (nSPS) is 29.8. The zero-order valence-corrected chi connectivity index (χ0v) is 12.9. The minimum atomic E-state index is 0.744. The zero-order chi connectivity index (χ0) is 14.2. The SMILES string of the molecule is COc1ncccc1CN1CC[C@@H]2[C@@H]1CCN2CC1CC1. The summed E-state index contributed by atoms with van der Waals surface area (Å²) in [4.78, 5) is 9.74. The summed E-state index contributed by atoms with van der Waals surface area (Å²) in [6.07, 6.45) is 7.40. The van der Waals surface area contributed by atoms with Gasteiger partial charge in [-0.05, 0) is 37.7 Å². The van der Waals surface area contributed by atoms with E-state index >= 15 is 0 Å². The van der Waals surface area contributed by atoms with Gasteiger partial charge in [0, 0.05) is 50.0 Å². The number of likely N-dealkylation sites (tertiary alicyclic amines) is 2. The lowest BCUT2D eigenvalue weighted by molar-refractivity contribution is 0.210. The standard InChI is InChI=1S/C17H25N3O/c1-21-17-14(3-2-8-18-17)12-20-10-7-15-16(20)6-9-19(15)11-13-4-5-13/h2-3,8,13,15-16H,4-7,9-12H2,1H3/t15-,16+/m1/s1. The van der Waals surface area contributed by atoms with Crippen molar-refractivity contribution in [3.63, 3.8) is 0 Å². The lowest BCUT2D eigenvalue weighted by Crippen LogP contribution is -2.37. The Morgan fingerprint density at radius 3 is 2.67 bits per heavy atom. The highest BCUT2D eigenvalue weighted by Gasteiger charge is 2.43. The second-order valence-corrected chi connectivity index (χ2v) is 6.79. The maximum atomic E-state index is 5.40. The van der Waals surface area contributed by atoms with Crippen LogP contribution >= 0.6 is 0 Å². The Balaban J connectivity index is 1.43. The molecular formula is C17H25N3O. The molecule has 0 spiro atoms. The maximum Gasteiger partial charge on any atom is 0.217 e. The third-order valence-electron chi connectivity index (χ3n) is 5.41. The third kappa shape index (κ3) is 2.67. The van der Waals surface area contributed by atoms with Crippen molar-refractivity contribution in [3.8, 4) is 5.88 Å². The fourth-order valence-electron chi connectivity index (χ4n) is 4.17. The van der Waals surface area contributed by atoms with Gasteiger partial charge in [0.25, 0.3) is 0 Å². The molecule has 0 amide bonds. The fourth-order valence-corrected chi connectivity index (χ4v) is 4.17. The Kier molecular flexibility index (Phi) is 3.59. The number of rotatable bonds is 5. The molecule has 2 saturated heterocycles. The molecule has 0 N–H and O–H groups in total. The van der Waals surface area contributed by atoms with Gasteiger partial charge in [0.05, 0.1) is 7.11 Å². The van der Waals surface area contributed by atoms with Crippen molar-refractivity contribution >= 4 is 0 Å². The van der Waals surface area contributed by atoms with Crippen molar-refractivity contribution in [2.75, 3.05) is 26.7 Å². The molecule has 1 saturated carbocycles. The average molecular weight is 287 g/mol. The predicted molar refractivity (Wildman–Crippen MR) is 82.3 cm³/mol. The molecule has 0 aromatic carbocycles. The predicted octanol–water partition coefficient (Wildman–Crippen LogP) is 2.15. The number of hydrogen-bond acceptors (Lipinski definition) is 4. The highest BCUT2D eigenvalue weighted by molar-refractivity contribution is 5.25. The van der Waals surface area contributed by atoms with Crippen LogP contribution < -0.4 is 4.74 Å². The molecule has 4 heteroatoms. The molecule has 1 aromatic rings. The number of ether oxygens (including phenoxy) is 1. The second kappa shape index (κ2) is 5.58. The minimum absolute atomic E-state index is 0.744. The van der Waals surface area contributed by atoms with Crippen LogP contribution in [0.15, 0.2) is 18.3 Å². The summed E-state index contributed by atoms with van der Waals surface area (Å²) in [5.41, 5.74) is 1.22. The molecule has 2 aliphatic heterocycles. The van der Waals surface area contributed by atoms with E-state index in [0.29, 0.717) is 0 Å². The Morgan fingerprint density at radius 2 is 1.90 bits per heavy atom. The van der Waals surface area contributed by atoms with E-state index in [9.17, 15) is 0 Å². The van der Waals surface area contributed by atoms with Crippen molar-refractivity contribution in [1.82, 2.24) is 14.8 Å². The number of methoxy groups -OCH3 is 1. The van der Waals surface area contributed by atoms with E-state index < -0.39 is 0 Å². The lowest BCUT2D eigenvalue weighted by Gasteiger charge is -2.26. The van der Waals surface area contributed by atoms with Gasteiger partial charge in [0.1, 0.15) is 0 Å². The van der Waals surface area contributed by atoms with Crippen LogP contribution in [-0.2, 0) is 6.54 Å². The zero-order valence-electron chi connectivity index (χ0n) is 12.9. The molecule has 1 aliphatic carbocycles. The molecule has 1 aromatic heterocycles. The summed E-state index contributed by atoms with van der Waals surface area (Å²) in [6, 6.07) is 5.71. The summed E-state index contributed by atoms with van der Waals surface area (Å²) in [7, 11) is 1.71. The molecule has 3 fully saturated rings. The van der Waals surface area contributed by atoms with E-state index in [1.54, 1.807) is 7.11 Å². The van der Waals surface area contributed by atoms with Gasteiger partial charge in [0.15, 0.2) is 0 Å². The molecule has 2 atom stereocenters. The van der Waals surface area contributed by atoms with Gasteiger partial charge in [0.2, 0.25) is 5.88 Å². The Morgan fingerprint density at radius 1 is 1.14 bits per heavy atom. The van der Waals surface area contributed by atoms with Crippen molar-refractivity contribution in [2.45, 2.75) is 44.3 Å². The molecule has 3 heterocycles. The van der Waals surface area contributed by atoms with Crippen LogP contribution in [0, 0.1) is 5.92 Å². The summed E-state index contributed by atoms with van der Waals surface area (Å²) in [6.45, 7) is 4.85. The first kappa shape index (κ1) is 13.5. The van der Waals surface area contributed by atoms with Crippen LogP contribution in [0.3, 0.4) is 0 Å². The first-order valence-electron chi connectivity index (χ1n) is 8.31. The van der Waals surface area contributed by atoms with Gasteiger partial charge in [-0.1, -0.05) is 6.07 Å². The number of pyridine rings is 1. The van der Waals surface area contributed by atoms with Gasteiger partial charge in [-0.2, -0.15) is 0 Å². The molecule has 114 valence electrons. The van der Waals surface area contributed by atoms with Crippen LogP contribution in [0.5, 0.6) is 5.88 Å². The fraction of sp³-hybridized carbons (Fsp3) is 0.706. The Hall–Kier alpha value is -1.13. The van der Waals surface area contributed by atoms with Gasteiger partial charge in [-0.15, -0.1) is 0 Å².